The summed E-state index contributed by atoms with van der Waals surface area (Å²) in [6.07, 6.45) is -3.17. The minimum Gasteiger partial charge on any atom is -0.504 e. The first-order valence-electron chi connectivity index (χ1n) is 4.60. The molecule has 5 N–H and O–H groups in total. The topological polar surface area (TPSA) is 113 Å². The number of carbonyl (C=O) groups is 1. The fraction of sp³-hybridized carbons (Fsp3) is 0.300. The van der Waals surface area contributed by atoms with E-state index in [1.807, 2.05) is 22.6 Å². The Bertz CT molecular complexity index is 437. The van der Waals surface area contributed by atoms with Crippen LogP contribution in [0.4, 0.5) is 0 Å². The normalized spacial score (nSPS) is 14.1. The molecule has 1 aromatic rings. The number of rotatable bonds is 4. The number of hydrogen-bond acceptors (Lipinski definition) is 5. The summed E-state index contributed by atoms with van der Waals surface area (Å²) < 4.78 is 5.32. The summed E-state index contributed by atoms with van der Waals surface area (Å²) in [4.78, 5) is 10.8. The Morgan fingerprint density at radius 2 is 2.06 bits per heavy atom. The predicted octanol–water partition coefficient (Wildman–Crippen LogP) is -0.115. The average Bonchev–Trinajstić information content (AvgIpc) is 2.30. The third kappa shape index (κ3) is 2.99. The van der Waals surface area contributed by atoms with Gasteiger partial charge in [0.25, 0.3) is 0 Å². The fourth-order valence-electron chi connectivity index (χ4n) is 1.26. The third-order valence-corrected chi connectivity index (χ3v) is 3.03. The summed E-state index contributed by atoms with van der Waals surface area (Å²) in [7, 11) is 1.35. The van der Waals surface area contributed by atoms with Crippen LogP contribution in [0.5, 0.6) is 11.5 Å². The molecule has 0 saturated heterocycles. The molecule has 0 spiro atoms. The van der Waals surface area contributed by atoms with Gasteiger partial charge in [0.05, 0.1) is 10.7 Å². The van der Waals surface area contributed by atoms with E-state index in [-0.39, 0.29) is 17.1 Å². The minimum atomic E-state index is -1.71. The maximum atomic E-state index is 10.8. The van der Waals surface area contributed by atoms with Crippen molar-refractivity contribution in [1.82, 2.24) is 0 Å². The number of aliphatic hydroxyl groups excluding tert-OH is 2. The number of aliphatic hydroxyl groups is 2. The summed E-state index contributed by atoms with van der Waals surface area (Å²) in [5.74, 6) is -0.959. The molecule has 0 aliphatic rings. The van der Waals surface area contributed by atoms with Crippen molar-refractivity contribution in [3.63, 3.8) is 0 Å². The van der Waals surface area contributed by atoms with Crippen molar-refractivity contribution >= 4 is 28.5 Å². The first kappa shape index (κ1) is 14.0. The highest BCUT2D eigenvalue weighted by molar-refractivity contribution is 14.1. The molecule has 0 radical (unpaired) electrons. The number of primary amides is 1. The van der Waals surface area contributed by atoms with Gasteiger partial charge in [-0.3, -0.25) is 4.79 Å². The van der Waals surface area contributed by atoms with E-state index in [1.54, 1.807) is 0 Å². The van der Waals surface area contributed by atoms with Gasteiger partial charge in [-0.25, -0.2) is 0 Å². The summed E-state index contributed by atoms with van der Waals surface area (Å²) in [6, 6.07) is 2.75. The Hall–Kier alpha value is -1.06. The van der Waals surface area contributed by atoms with Crippen molar-refractivity contribution in [1.29, 1.82) is 0 Å². The molecule has 1 rings (SSSR count). The summed E-state index contributed by atoms with van der Waals surface area (Å²) in [5, 5.41) is 28.6. The predicted molar refractivity (Wildman–Crippen MR) is 67.5 cm³/mol. The Balaban J connectivity index is 3.15. The number of aromatic hydroxyl groups is 1. The monoisotopic (exact) mass is 353 g/mol. The van der Waals surface area contributed by atoms with Gasteiger partial charge in [-0.1, -0.05) is 0 Å². The molecule has 0 heterocycles. The summed E-state index contributed by atoms with van der Waals surface area (Å²) in [6.45, 7) is 0. The SMILES string of the molecule is COc1cc(C(O)C(O)C(N)=O)cc(I)c1O. The Morgan fingerprint density at radius 1 is 1.47 bits per heavy atom. The number of phenols is 1. The number of nitrogens with two attached hydrogens (primary N) is 1. The lowest BCUT2D eigenvalue weighted by Crippen LogP contribution is -2.33. The maximum Gasteiger partial charge on any atom is 0.249 e. The standard InChI is InChI=1S/C10H12INO5/c1-17-6-3-4(2-5(11)8(6)14)7(13)9(15)10(12)16/h2-3,7,9,13-15H,1H3,(H2,12,16). The van der Waals surface area contributed by atoms with Crippen LogP contribution in [0.1, 0.15) is 11.7 Å². The molecule has 0 aromatic heterocycles. The van der Waals surface area contributed by atoms with E-state index in [1.165, 1.54) is 19.2 Å². The molecule has 7 heteroatoms. The van der Waals surface area contributed by atoms with Crippen molar-refractivity contribution in [2.45, 2.75) is 12.2 Å². The lowest BCUT2D eigenvalue weighted by atomic mass is 10.0. The van der Waals surface area contributed by atoms with Crippen LogP contribution >= 0.6 is 22.6 Å². The van der Waals surface area contributed by atoms with Gasteiger partial charge < -0.3 is 25.8 Å². The Morgan fingerprint density at radius 3 is 2.53 bits per heavy atom. The zero-order valence-electron chi connectivity index (χ0n) is 8.92. The van der Waals surface area contributed by atoms with Crippen LogP contribution in [0.25, 0.3) is 0 Å². The molecular formula is C10H12INO5. The second kappa shape index (κ2) is 5.52. The maximum absolute atomic E-state index is 10.8. The molecule has 0 fully saturated rings. The number of carbonyl (C=O) groups excluding carboxylic acids is 1. The quantitative estimate of drug-likeness (QED) is 0.564. The van der Waals surface area contributed by atoms with Crippen molar-refractivity contribution < 1.29 is 24.9 Å². The van der Waals surface area contributed by atoms with Crippen LogP contribution in [-0.4, -0.2) is 34.4 Å². The minimum absolute atomic E-state index is 0.0717. The highest BCUT2D eigenvalue weighted by Crippen LogP contribution is 2.34. The number of phenolic OH excluding ortho intramolecular Hbond substituents is 1. The van der Waals surface area contributed by atoms with E-state index < -0.39 is 18.1 Å². The molecule has 0 aliphatic heterocycles. The van der Waals surface area contributed by atoms with Crippen molar-refractivity contribution in [2.75, 3.05) is 7.11 Å². The highest BCUT2D eigenvalue weighted by Gasteiger charge is 2.25. The molecule has 1 aromatic carbocycles. The van der Waals surface area contributed by atoms with Crippen LogP contribution in [0.2, 0.25) is 0 Å². The lowest BCUT2D eigenvalue weighted by Gasteiger charge is -2.17. The number of benzene rings is 1. The lowest BCUT2D eigenvalue weighted by molar-refractivity contribution is -0.131. The number of hydrogen-bond donors (Lipinski definition) is 4. The van der Waals surface area contributed by atoms with Crippen LogP contribution in [0, 0.1) is 3.57 Å². The van der Waals surface area contributed by atoms with Crippen LogP contribution in [-0.2, 0) is 4.79 Å². The molecule has 94 valence electrons. The second-order valence-electron chi connectivity index (χ2n) is 3.35. The molecule has 2 atom stereocenters. The Labute approximate surface area is 111 Å². The smallest absolute Gasteiger partial charge is 0.249 e. The summed E-state index contributed by atoms with van der Waals surface area (Å²) >= 11 is 1.83. The van der Waals surface area contributed by atoms with Gasteiger partial charge in [0.15, 0.2) is 17.6 Å². The molecule has 6 nitrogen and oxygen atoms in total. The van der Waals surface area contributed by atoms with Gasteiger partial charge in [-0.2, -0.15) is 0 Å². The van der Waals surface area contributed by atoms with Crippen LogP contribution < -0.4 is 10.5 Å². The molecule has 2 unspecified atom stereocenters. The van der Waals surface area contributed by atoms with E-state index in [0.717, 1.165) is 0 Å². The summed E-state index contributed by atoms with van der Waals surface area (Å²) in [5.41, 5.74) is 5.11. The largest absolute Gasteiger partial charge is 0.504 e. The van der Waals surface area contributed by atoms with Gasteiger partial charge in [-0.15, -0.1) is 0 Å². The first-order valence-corrected chi connectivity index (χ1v) is 5.68. The highest BCUT2D eigenvalue weighted by atomic mass is 127. The van der Waals surface area contributed by atoms with Gasteiger partial charge in [-0.05, 0) is 40.3 Å². The number of halogens is 1. The van der Waals surface area contributed by atoms with Gasteiger partial charge in [0.2, 0.25) is 5.91 Å². The van der Waals surface area contributed by atoms with Gasteiger partial charge >= 0.3 is 0 Å². The molecule has 17 heavy (non-hydrogen) atoms. The molecule has 0 aliphatic carbocycles. The van der Waals surface area contributed by atoms with E-state index in [9.17, 15) is 20.1 Å². The van der Waals surface area contributed by atoms with E-state index in [2.05, 4.69) is 0 Å². The van der Waals surface area contributed by atoms with Gasteiger partial charge in [0, 0.05) is 0 Å². The Kier molecular flexibility index (Phi) is 4.54. The molecular weight excluding hydrogens is 341 g/mol. The van der Waals surface area contributed by atoms with Gasteiger partial charge in [0.1, 0.15) is 6.10 Å². The number of methoxy groups -OCH3 is 1. The van der Waals surface area contributed by atoms with Crippen molar-refractivity contribution in [3.8, 4) is 11.5 Å². The van der Waals surface area contributed by atoms with Crippen LogP contribution in [0.15, 0.2) is 12.1 Å². The number of amides is 1. The van der Waals surface area contributed by atoms with Crippen LogP contribution in [0.3, 0.4) is 0 Å². The second-order valence-corrected chi connectivity index (χ2v) is 4.51. The average molecular weight is 353 g/mol. The van der Waals surface area contributed by atoms with E-state index in [0.29, 0.717) is 3.57 Å². The molecule has 1 amide bonds. The number of ether oxygens (including phenoxy) is 1. The zero-order valence-corrected chi connectivity index (χ0v) is 11.1. The van der Waals surface area contributed by atoms with E-state index >= 15 is 0 Å². The first-order chi connectivity index (χ1) is 7.88. The molecule has 0 bridgehead atoms. The van der Waals surface area contributed by atoms with Crippen molar-refractivity contribution in [2.24, 2.45) is 5.73 Å². The molecule has 0 saturated carbocycles. The van der Waals surface area contributed by atoms with E-state index in [4.69, 9.17) is 10.5 Å². The zero-order chi connectivity index (χ0) is 13.2. The fourth-order valence-corrected chi connectivity index (χ4v) is 1.88. The third-order valence-electron chi connectivity index (χ3n) is 2.20. The van der Waals surface area contributed by atoms with Crippen molar-refractivity contribution in [3.05, 3.63) is 21.3 Å².